The Balaban J connectivity index is 1.67. The maximum atomic E-state index is 12.4. The second-order valence-corrected chi connectivity index (χ2v) is 5.49. The van der Waals surface area contributed by atoms with Gasteiger partial charge in [-0.2, -0.15) is 5.10 Å². The molecule has 1 aromatic heterocycles. The van der Waals surface area contributed by atoms with Gasteiger partial charge in [-0.3, -0.25) is 14.4 Å². The van der Waals surface area contributed by atoms with Crippen molar-refractivity contribution in [3.8, 4) is 0 Å². The van der Waals surface area contributed by atoms with Crippen LogP contribution in [0, 0.1) is 0 Å². The lowest BCUT2D eigenvalue weighted by Gasteiger charge is -2.34. The Morgan fingerprint density at radius 1 is 1.36 bits per heavy atom. The van der Waals surface area contributed by atoms with Gasteiger partial charge in [0.1, 0.15) is 12.2 Å². The van der Waals surface area contributed by atoms with E-state index in [0.717, 1.165) is 17.9 Å². The van der Waals surface area contributed by atoms with Crippen LogP contribution in [0.2, 0.25) is 0 Å². The summed E-state index contributed by atoms with van der Waals surface area (Å²) < 4.78 is 7.33. The molecule has 1 aliphatic rings. The maximum Gasteiger partial charge on any atom is 0.164 e. The number of morpholine rings is 1. The van der Waals surface area contributed by atoms with Gasteiger partial charge < -0.3 is 4.74 Å². The standard InChI is InChI=1S/C16H20N4O2/c1-19-16(17-12-18-19)10-20-7-8-22-11-14(20)9-15(21)13-5-3-2-4-6-13/h2-6,12,14H,7-11H2,1H3/t14-/m1/s1. The molecular formula is C16H20N4O2. The third kappa shape index (κ3) is 3.40. The van der Waals surface area contributed by atoms with E-state index in [1.165, 1.54) is 0 Å². The van der Waals surface area contributed by atoms with Gasteiger partial charge in [-0.25, -0.2) is 4.98 Å². The molecule has 1 aliphatic heterocycles. The normalized spacial score (nSPS) is 19.2. The molecule has 2 heterocycles. The fourth-order valence-electron chi connectivity index (χ4n) is 2.69. The average molecular weight is 300 g/mol. The van der Waals surface area contributed by atoms with E-state index in [4.69, 9.17) is 4.74 Å². The third-order valence-corrected chi connectivity index (χ3v) is 4.02. The predicted octanol–water partition coefficient (Wildman–Crippen LogP) is 1.29. The molecule has 0 spiro atoms. The Labute approximate surface area is 129 Å². The van der Waals surface area contributed by atoms with E-state index in [1.54, 1.807) is 11.0 Å². The van der Waals surface area contributed by atoms with Crippen molar-refractivity contribution in [2.24, 2.45) is 7.05 Å². The maximum absolute atomic E-state index is 12.4. The van der Waals surface area contributed by atoms with Crippen LogP contribution in [0.4, 0.5) is 0 Å². The highest BCUT2D eigenvalue weighted by Gasteiger charge is 2.26. The van der Waals surface area contributed by atoms with Crippen molar-refractivity contribution >= 4 is 5.78 Å². The summed E-state index contributed by atoms with van der Waals surface area (Å²) in [5.74, 6) is 1.05. The Kier molecular flexibility index (Phi) is 4.60. The van der Waals surface area contributed by atoms with Crippen molar-refractivity contribution in [2.75, 3.05) is 19.8 Å². The summed E-state index contributed by atoms with van der Waals surface area (Å²) >= 11 is 0. The Morgan fingerprint density at radius 3 is 2.91 bits per heavy atom. The van der Waals surface area contributed by atoms with Crippen LogP contribution in [0.3, 0.4) is 0 Å². The molecular weight excluding hydrogens is 280 g/mol. The lowest BCUT2D eigenvalue weighted by Crippen LogP contribution is -2.46. The minimum absolute atomic E-state index is 0.0816. The summed E-state index contributed by atoms with van der Waals surface area (Å²) in [6, 6.07) is 9.50. The molecule has 0 aliphatic carbocycles. The van der Waals surface area contributed by atoms with Crippen molar-refractivity contribution in [2.45, 2.75) is 19.0 Å². The van der Waals surface area contributed by atoms with Crippen LogP contribution in [-0.4, -0.2) is 51.2 Å². The molecule has 6 nitrogen and oxygen atoms in total. The summed E-state index contributed by atoms with van der Waals surface area (Å²) in [4.78, 5) is 18.9. The minimum atomic E-state index is 0.0816. The van der Waals surface area contributed by atoms with Gasteiger partial charge >= 0.3 is 0 Å². The fraction of sp³-hybridized carbons (Fsp3) is 0.438. The van der Waals surface area contributed by atoms with Crippen molar-refractivity contribution in [3.05, 3.63) is 48.0 Å². The number of benzene rings is 1. The predicted molar refractivity (Wildman–Crippen MR) is 81.4 cm³/mol. The number of carbonyl (C=O) groups is 1. The van der Waals surface area contributed by atoms with Crippen LogP contribution < -0.4 is 0 Å². The van der Waals surface area contributed by atoms with Crippen LogP contribution in [0.1, 0.15) is 22.6 Å². The average Bonchev–Trinajstić information content (AvgIpc) is 2.95. The Morgan fingerprint density at radius 2 is 2.18 bits per heavy atom. The van der Waals surface area contributed by atoms with Gasteiger partial charge in [-0.15, -0.1) is 0 Å². The van der Waals surface area contributed by atoms with Gasteiger partial charge in [0, 0.05) is 31.6 Å². The van der Waals surface area contributed by atoms with E-state index < -0.39 is 0 Å². The zero-order chi connectivity index (χ0) is 15.4. The molecule has 1 aromatic carbocycles. The highest BCUT2D eigenvalue weighted by molar-refractivity contribution is 5.96. The van der Waals surface area contributed by atoms with Crippen molar-refractivity contribution in [1.29, 1.82) is 0 Å². The number of aryl methyl sites for hydroxylation is 1. The van der Waals surface area contributed by atoms with E-state index >= 15 is 0 Å². The highest BCUT2D eigenvalue weighted by atomic mass is 16.5. The smallest absolute Gasteiger partial charge is 0.164 e. The van der Waals surface area contributed by atoms with Crippen molar-refractivity contribution < 1.29 is 9.53 Å². The number of hydrogen-bond acceptors (Lipinski definition) is 5. The van der Waals surface area contributed by atoms with E-state index in [1.807, 2.05) is 37.4 Å². The molecule has 1 atom stereocenters. The molecule has 1 fully saturated rings. The molecule has 116 valence electrons. The van der Waals surface area contributed by atoms with E-state index in [2.05, 4.69) is 15.0 Å². The summed E-state index contributed by atoms with van der Waals surface area (Å²) in [5, 5.41) is 4.10. The van der Waals surface area contributed by atoms with Crippen LogP contribution >= 0.6 is 0 Å². The Hall–Kier alpha value is -2.05. The minimum Gasteiger partial charge on any atom is -0.378 e. The number of nitrogens with zero attached hydrogens (tertiary/aromatic N) is 4. The van der Waals surface area contributed by atoms with Crippen molar-refractivity contribution in [3.63, 3.8) is 0 Å². The van der Waals surface area contributed by atoms with Gasteiger partial charge in [0.05, 0.1) is 19.8 Å². The van der Waals surface area contributed by atoms with Crippen LogP contribution in [0.25, 0.3) is 0 Å². The van der Waals surface area contributed by atoms with E-state index in [9.17, 15) is 4.79 Å². The van der Waals surface area contributed by atoms with Crippen molar-refractivity contribution in [1.82, 2.24) is 19.7 Å². The molecule has 3 rings (SSSR count). The molecule has 0 saturated carbocycles. The molecule has 0 radical (unpaired) electrons. The number of aromatic nitrogens is 3. The van der Waals surface area contributed by atoms with Crippen LogP contribution in [0.15, 0.2) is 36.7 Å². The molecule has 2 aromatic rings. The third-order valence-electron chi connectivity index (χ3n) is 4.02. The molecule has 1 saturated heterocycles. The topological polar surface area (TPSA) is 60.3 Å². The lowest BCUT2D eigenvalue weighted by molar-refractivity contribution is -0.0140. The first-order valence-corrected chi connectivity index (χ1v) is 7.47. The first-order valence-electron chi connectivity index (χ1n) is 7.47. The first-order chi connectivity index (χ1) is 10.7. The number of ether oxygens (including phenoxy) is 1. The number of ketones is 1. The zero-order valence-electron chi connectivity index (χ0n) is 12.7. The zero-order valence-corrected chi connectivity index (χ0v) is 12.7. The monoisotopic (exact) mass is 300 g/mol. The molecule has 6 heteroatoms. The number of hydrogen-bond donors (Lipinski definition) is 0. The number of rotatable bonds is 5. The first kappa shape index (κ1) is 14.9. The molecule has 0 bridgehead atoms. The Bertz CT molecular complexity index is 626. The molecule has 0 N–H and O–H groups in total. The SMILES string of the molecule is Cn1ncnc1CN1CCOC[C@H]1CC(=O)c1ccccc1. The van der Waals surface area contributed by atoms with Gasteiger partial charge in [-0.05, 0) is 0 Å². The summed E-state index contributed by atoms with van der Waals surface area (Å²) in [6.07, 6.45) is 2.02. The number of Topliss-reactive ketones (excluding diaryl/α,β-unsaturated/α-hetero) is 1. The molecule has 0 amide bonds. The summed E-state index contributed by atoms with van der Waals surface area (Å²) in [6.45, 7) is 2.76. The van der Waals surface area contributed by atoms with Gasteiger partial charge in [0.15, 0.2) is 5.78 Å². The highest BCUT2D eigenvalue weighted by Crippen LogP contribution is 2.16. The largest absolute Gasteiger partial charge is 0.378 e. The van der Waals surface area contributed by atoms with E-state index in [-0.39, 0.29) is 11.8 Å². The fourth-order valence-corrected chi connectivity index (χ4v) is 2.69. The van der Waals surface area contributed by atoms with Crippen LogP contribution in [0.5, 0.6) is 0 Å². The van der Waals surface area contributed by atoms with Gasteiger partial charge in [-0.1, -0.05) is 30.3 Å². The molecule has 0 unspecified atom stereocenters. The second kappa shape index (κ2) is 6.81. The molecule has 22 heavy (non-hydrogen) atoms. The summed E-state index contributed by atoms with van der Waals surface area (Å²) in [5.41, 5.74) is 0.756. The van der Waals surface area contributed by atoms with E-state index in [0.29, 0.717) is 26.2 Å². The number of carbonyl (C=O) groups excluding carboxylic acids is 1. The quantitative estimate of drug-likeness (QED) is 0.779. The summed E-state index contributed by atoms with van der Waals surface area (Å²) in [7, 11) is 1.88. The van der Waals surface area contributed by atoms with Gasteiger partial charge in [0.25, 0.3) is 0 Å². The lowest BCUT2D eigenvalue weighted by atomic mass is 10.0. The van der Waals surface area contributed by atoms with Gasteiger partial charge in [0.2, 0.25) is 0 Å². The van der Waals surface area contributed by atoms with Crippen LogP contribution in [-0.2, 0) is 18.3 Å². The second-order valence-electron chi connectivity index (χ2n) is 5.49.